The van der Waals surface area contributed by atoms with E-state index in [9.17, 15) is 9.59 Å². The van der Waals surface area contributed by atoms with Gasteiger partial charge >= 0.3 is 0 Å². The molecule has 0 bridgehead atoms. The highest BCUT2D eigenvalue weighted by atomic mass is 16.5. The summed E-state index contributed by atoms with van der Waals surface area (Å²) in [7, 11) is 0. The highest BCUT2D eigenvalue weighted by Gasteiger charge is 2.40. The van der Waals surface area contributed by atoms with Crippen LogP contribution in [0.3, 0.4) is 0 Å². The summed E-state index contributed by atoms with van der Waals surface area (Å²) in [4.78, 5) is 25.5. The van der Waals surface area contributed by atoms with Crippen molar-refractivity contribution < 1.29 is 14.3 Å². The van der Waals surface area contributed by atoms with E-state index in [1.165, 1.54) is 4.90 Å². The number of nitrogens with one attached hydrogen (secondary N) is 1. The van der Waals surface area contributed by atoms with Crippen molar-refractivity contribution in [3.63, 3.8) is 0 Å². The van der Waals surface area contributed by atoms with E-state index in [4.69, 9.17) is 10.00 Å². The van der Waals surface area contributed by atoms with Gasteiger partial charge in [-0.05, 0) is 38.1 Å². The van der Waals surface area contributed by atoms with Crippen LogP contribution in [-0.2, 0) is 9.59 Å². The van der Waals surface area contributed by atoms with E-state index >= 15 is 0 Å². The molecule has 1 N–H and O–H groups in total. The van der Waals surface area contributed by atoms with Gasteiger partial charge in [-0.2, -0.15) is 5.26 Å². The topological polar surface area (TPSA) is 82.4 Å². The standard InChI is InChI=1S/C15H17N3O3/c1-15(2)14(20)17-7-8-18(15)13(19)10-21-12-5-3-11(9-16)4-6-12/h3-6H,7-8,10H2,1-2H3,(H,17,20). The lowest BCUT2D eigenvalue weighted by Gasteiger charge is -2.41. The van der Waals surface area contributed by atoms with Gasteiger partial charge in [0.15, 0.2) is 6.61 Å². The lowest BCUT2D eigenvalue weighted by Crippen LogP contribution is -2.64. The molecule has 0 saturated carbocycles. The number of nitriles is 1. The fourth-order valence-corrected chi connectivity index (χ4v) is 2.18. The Morgan fingerprint density at radius 2 is 2.10 bits per heavy atom. The average Bonchev–Trinajstić information content (AvgIpc) is 2.48. The fourth-order valence-electron chi connectivity index (χ4n) is 2.18. The first-order valence-electron chi connectivity index (χ1n) is 6.67. The first-order chi connectivity index (χ1) is 9.95. The van der Waals surface area contributed by atoms with Gasteiger partial charge < -0.3 is 15.0 Å². The van der Waals surface area contributed by atoms with E-state index in [1.54, 1.807) is 38.1 Å². The van der Waals surface area contributed by atoms with E-state index in [1.807, 2.05) is 6.07 Å². The van der Waals surface area contributed by atoms with Crippen LogP contribution in [0.1, 0.15) is 19.4 Å². The third-order valence-corrected chi connectivity index (χ3v) is 3.50. The minimum Gasteiger partial charge on any atom is -0.484 e. The molecule has 6 nitrogen and oxygen atoms in total. The zero-order valence-electron chi connectivity index (χ0n) is 12.0. The molecule has 2 rings (SSSR count). The third-order valence-electron chi connectivity index (χ3n) is 3.50. The molecule has 21 heavy (non-hydrogen) atoms. The summed E-state index contributed by atoms with van der Waals surface area (Å²) >= 11 is 0. The maximum absolute atomic E-state index is 12.2. The van der Waals surface area contributed by atoms with Gasteiger partial charge in [-0.15, -0.1) is 0 Å². The first kappa shape index (κ1) is 14.9. The van der Waals surface area contributed by atoms with Crippen LogP contribution >= 0.6 is 0 Å². The largest absolute Gasteiger partial charge is 0.484 e. The van der Waals surface area contributed by atoms with Gasteiger partial charge in [0.1, 0.15) is 11.3 Å². The maximum Gasteiger partial charge on any atom is 0.261 e. The van der Waals surface area contributed by atoms with Gasteiger partial charge in [0.2, 0.25) is 5.91 Å². The lowest BCUT2D eigenvalue weighted by molar-refractivity contribution is -0.150. The van der Waals surface area contributed by atoms with E-state index in [0.717, 1.165) is 0 Å². The Bertz CT molecular complexity index is 587. The molecule has 110 valence electrons. The van der Waals surface area contributed by atoms with Crippen LogP contribution in [0.2, 0.25) is 0 Å². The molecule has 6 heteroatoms. The van der Waals surface area contributed by atoms with E-state index in [2.05, 4.69) is 5.32 Å². The second-order valence-corrected chi connectivity index (χ2v) is 5.29. The van der Waals surface area contributed by atoms with Crippen LogP contribution in [0.4, 0.5) is 0 Å². The Kier molecular flexibility index (Phi) is 4.13. The molecule has 0 atom stereocenters. The normalized spacial score (nSPS) is 16.8. The number of rotatable bonds is 3. The van der Waals surface area contributed by atoms with Crippen molar-refractivity contribution in [3.8, 4) is 11.8 Å². The number of nitrogens with zero attached hydrogens (tertiary/aromatic N) is 2. The SMILES string of the molecule is CC1(C)C(=O)NCCN1C(=O)COc1ccc(C#N)cc1. The van der Waals surface area contributed by atoms with Crippen molar-refractivity contribution in [2.75, 3.05) is 19.7 Å². The molecule has 1 aromatic carbocycles. The van der Waals surface area contributed by atoms with Crippen LogP contribution < -0.4 is 10.1 Å². The molecule has 1 heterocycles. The zero-order valence-corrected chi connectivity index (χ0v) is 12.0. The molecule has 1 aliphatic heterocycles. The number of ether oxygens (including phenoxy) is 1. The van der Waals surface area contributed by atoms with Crippen LogP contribution in [-0.4, -0.2) is 41.9 Å². The Labute approximate surface area is 123 Å². The lowest BCUT2D eigenvalue weighted by atomic mass is 9.99. The molecule has 0 aromatic heterocycles. The molecule has 0 radical (unpaired) electrons. The summed E-state index contributed by atoms with van der Waals surface area (Å²) in [6, 6.07) is 8.53. The molecule has 1 aliphatic rings. The summed E-state index contributed by atoms with van der Waals surface area (Å²) < 4.78 is 5.42. The number of carbonyl (C=O) groups excluding carboxylic acids is 2. The van der Waals surface area contributed by atoms with Crippen molar-refractivity contribution >= 4 is 11.8 Å². The molecule has 1 saturated heterocycles. The predicted molar refractivity (Wildman–Crippen MR) is 75.5 cm³/mol. The maximum atomic E-state index is 12.2. The van der Waals surface area contributed by atoms with Crippen LogP contribution in [0.25, 0.3) is 0 Å². The smallest absolute Gasteiger partial charge is 0.261 e. The average molecular weight is 287 g/mol. The van der Waals surface area contributed by atoms with Crippen molar-refractivity contribution in [1.29, 1.82) is 5.26 Å². The van der Waals surface area contributed by atoms with Gasteiger partial charge in [0.25, 0.3) is 5.91 Å². The van der Waals surface area contributed by atoms with Gasteiger partial charge in [-0.25, -0.2) is 0 Å². The highest BCUT2D eigenvalue weighted by molar-refractivity contribution is 5.92. The summed E-state index contributed by atoms with van der Waals surface area (Å²) in [6.07, 6.45) is 0. The minimum absolute atomic E-state index is 0.136. The Hall–Kier alpha value is -2.55. The Balaban J connectivity index is 1.98. The molecular weight excluding hydrogens is 270 g/mol. The van der Waals surface area contributed by atoms with E-state index in [-0.39, 0.29) is 18.4 Å². The van der Waals surface area contributed by atoms with E-state index < -0.39 is 5.54 Å². The van der Waals surface area contributed by atoms with Crippen LogP contribution in [0.5, 0.6) is 5.75 Å². The zero-order chi connectivity index (χ0) is 15.5. The minimum atomic E-state index is -0.872. The van der Waals surface area contributed by atoms with Crippen LogP contribution in [0.15, 0.2) is 24.3 Å². The number of carbonyl (C=O) groups is 2. The van der Waals surface area contributed by atoms with Crippen molar-refractivity contribution in [2.45, 2.75) is 19.4 Å². The molecule has 0 aliphatic carbocycles. The Morgan fingerprint density at radius 1 is 1.43 bits per heavy atom. The Morgan fingerprint density at radius 3 is 2.71 bits per heavy atom. The number of benzene rings is 1. The van der Waals surface area contributed by atoms with Crippen molar-refractivity contribution in [3.05, 3.63) is 29.8 Å². The predicted octanol–water partition coefficient (Wildman–Crippen LogP) is 0.674. The van der Waals surface area contributed by atoms with Gasteiger partial charge in [0.05, 0.1) is 11.6 Å². The number of hydrogen-bond acceptors (Lipinski definition) is 4. The van der Waals surface area contributed by atoms with Gasteiger partial charge in [-0.1, -0.05) is 0 Å². The van der Waals surface area contributed by atoms with E-state index in [0.29, 0.717) is 24.4 Å². The number of hydrogen-bond donors (Lipinski definition) is 1. The van der Waals surface area contributed by atoms with Crippen molar-refractivity contribution in [2.24, 2.45) is 0 Å². The number of amides is 2. The molecular formula is C15H17N3O3. The third kappa shape index (κ3) is 3.14. The molecule has 2 amide bonds. The summed E-state index contributed by atoms with van der Waals surface area (Å²) in [5, 5.41) is 11.4. The summed E-state index contributed by atoms with van der Waals surface area (Å²) in [5.74, 6) is 0.112. The second-order valence-electron chi connectivity index (χ2n) is 5.29. The number of piperazine rings is 1. The summed E-state index contributed by atoms with van der Waals surface area (Å²) in [6.45, 7) is 4.20. The molecule has 1 fully saturated rings. The fraction of sp³-hybridized carbons (Fsp3) is 0.400. The molecule has 0 unspecified atom stereocenters. The highest BCUT2D eigenvalue weighted by Crippen LogP contribution is 2.18. The van der Waals surface area contributed by atoms with Crippen molar-refractivity contribution in [1.82, 2.24) is 10.2 Å². The van der Waals surface area contributed by atoms with Crippen LogP contribution in [0, 0.1) is 11.3 Å². The molecule has 0 spiro atoms. The molecule has 1 aromatic rings. The quantitative estimate of drug-likeness (QED) is 0.886. The monoisotopic (exact) mass is 287 g/mol. The second kappa shape index (κ2) is 5.83. The van der Waals surface area contributed by atoms with Gasteiger partial charge in [0, 0.05) is 13.1 Å². The summed E-state index contributed by atoms with van der Waals surface area (Å²) in [5.41, 5.74) is -0.342. The van der Waals surface area contributed by atoms with Gasteiger partial charge in [-0.3, -0.25) is 9.59 Å². The first-order valence-corrected chi connectivity index (χ1v) is 6.67.